The average Bonchev–Trinajstić information content (AvgIpc) is 2.42. The topological polar surface area (TPSA) is 30.5 Å². The maximum absolute atomic E-state index is 5.53. The highest BCUT2D eigenvalue weighted by Crippen LogP contribution is 2.25. The summed E-state index contributed by atoms with van der Waals surface area (Å²) < 4.78 is 10.7. The van der Waals surface area contributed by atoms with Crippen LogP contribution in [0, 0.1) is 11.8 Å². The zero-order chi connectivity index (χ0) is 13.1. The Hall–Kier alpha value is -1.66. The molecule has 0 aliphatic heterocycles. The summed E-state index contributed by atoms with van der Waals surface area (Å²) in [5, 5.41) is 3.25. The van der Waals surface area contributed by atoms with Crippen LogP contribution in [0.5, 0.6) is 11.5 Å². The number of hydrogen-bond acceptors (Lipinski definition) is 3. The predicted octanol–water partition coefficient (Wildman–Crippen LogP) is 2.47. The van der Waals surface area contributed by atoms with E-state index in [2.05, 4.69) is 24.1 Å². The molecule has 0 atom stereocenters. The molecule has 98 valence electrons. The summed E-state index contributed by atoms with van der Waals surface area (Å²) in [6, 6.07) is 7.57. The summed E-state index contributed by atoms with van der Waals surface area (Å²) in [5.74, 6) is 7.46. The van der Waals surface area contributed by atoms with Gasteiger partial charge in [-0.25, -0.2) is 0 Å². The number of rotatable bonds is 7. The predicted molar refractivity (Wildman–Crippen MR) is 74.0 cm³/mol. The Morgan fingerprint density at radius 2 is 1.94 bits per heavy atom. The molecule has 0 aromatic heterocycles. The van der Waals surface area contributed by atoms with Gasteiger partial charge in [-0.15, -0.1) is 0 Å². The van der Waals surface area contributed by atoms with Gasteiger partial charge in [0.1, 0.15) is 6.61 Å². The molecule has 1 N–H and O–H groups in total. The highest BCUT2D eigenvalue weighted by atomic mass is 16.5. The molecular formula is C15H21NO2. The van der Waals surface area contributed by atoms with Crippen LogP contribution in [0.1, 0.15) is 19.8 Å². The lowest BCUT2D eigenvalue weighted by atomic mass is 10.3. The van der Waals surface area contributed by atoms with Crippen LogP contribution < -0.4 is 14.8 Å². The van der Waals surface area contributed by atoms with Crippen LogP contribution in [-0.4, -0.2) is 26.8 Å². The SMILES string of the molecule is CCCCNCC#CCOc1ccccc1OC. The van der Waals surface area contributed by atoms with Gasteiger partial charge < -0.3 is 14.8 Å². The summed E-state index contributed by atoms with van der Waals surface area (Å²) >= 11 is 0. The zero-order valence-corrected chi connectivity index (χ0v) is 11.2. The molecule has 3 heteroatoms. The van der Waals surface area contributed by atoms with Gasteiger partial charge in [-0.2, -0.15) is 0 Å². The molecular weight excluding hydrogens is 226 g/mol. The van der Waals surface area contributed by atoms with Crippen LogP contribution in [-0.2, 0) is 0 Å². The number of benzene rings is 1. The Labute approximate surface area is 109 Å². The minimum atomic E-state index is 0.385. The van der Waals surface area contributed by atoms with Gasteiger partial charge in [-0.3, -0.25) is 0 Å². The molecule has 0 saturated heterocycles. The van der Waals surface area contributed by atoms with Crippen LogP contribution in [0.25, 0.3) is 0 Å². The molecule has 0 heterocycles. The highest BCUT2D eigenvalue weighted by molar-refractivity contribution is 5.39. The smallest absolute Gasteiger partial charge is 0.162 e. The van der Waals surface area contributed by atoms with Gasteiger partial charge in [0.05, 0.1) is 13.7 Å². The molecule has 0 amide bonds. The minimum absolute atomic E-state index is 0.385. The molecule has 0 spiro atoms. The second-order valence-corrected chi connectivity index (χ2v) is 3.82. The third kappa shape index (κ3) is 5.60. The quantitative estimate of drug-likeness (QED) is 0.593. The van der Waals surface area contributed by atoms with Crippen molar-refractivity contribution < 1.29 is 9.47 Å². The first-order valence-electron chi connectivity index (χ1n) is 6.30. The van der Waals surface area contributed by atoms with Crippen LogP contribution in [0.15, 0.2) is 24.3 Å². The Balaban J connectivity index is 2.23. The fourth-order valence-corrected chi connectivity index (χ4v) is 1.42. The lowest BCUT2D eigenvalue weighted by Crippen LogP contribution is -2.15. The van der Waals surface area contributed by atoms with Crippen molar-refractivity contribution in [1.29, 1.82) is 0 Å². The van der Waals surface area contributed by atoms with Crippen LogP contribution in [0.4, 0.5) is 0 Å². The molecule has 0 aliphatic carbocycles. The van der Waals surface area contributed by atoms with Crippen molar-refractivity contribution in [2.24, 2.45) is 0 Å². The van der Waals surface area contributed by atoms with Crippen LogP contribution in [0.3, 0.4) is 0 Å². The van der Waals surface area contributed by atoms with E-state index in [0.717, 1.165) is 24.6 Å². The van der Waals surface area contributed by atoms with Gasteiger partial charge in [0.15, 0.2) is 11.5 Å². The van der Waals surface area contributed by atoms with Gasteiger partial charge in [0.2, 0.25) is 0 Å². The average molecular weight is 247 g/mol. The molecule has 0 radical (unpaired) electrons. The van der Waals surface area contributed by atoms with E-state index >= 15 is 0 Å². The van der Waals surface area contributed by atoms with Crippen LogP contribution in [0.2, 0.25) is 0 Å². The minimum Gasteiger partial charge on any atom is -0.493 e. The number of hydrogen-bond donors (Lipinski definition) is 1. The van der Waals surface area contributed by atoms with E-state index in [0.29, 0.717) is 6.61 Å². The van der Waals surface area contributed by atoms with Crippen molar-refractivity contribution in [3.63, 3.8) is 0 Å². The largest absolute Gasteiger partial charge is 0.493 e. The molecule has 0 bridgehead atoms. The summed E-state index contributed by atoms with van der Waals surface area (Å²) in [5.41, 5.74) is 0. The van der Waals surface area contributed by atoms with E-state index in [1.807, 2.05) is 24.3 Å². The van der Waals surface area contributed by atoms with Crippen molar-refractivity contribution >= 4 is 0 Å². The molecule has 0 unspecified atom stereocenters. The van der Waals surface area contributed by atoms with Crippen molar-refractivity contribution in [1.82, 2.24) is 5.32 Å². The van der Waals surface area contributed by atoms with E-state index in [-0.39, 0.29) is 0 Å². The maximum atomic E-state index is 5.53. The second kappa shape index (κ2) is 9.38. The summed E-state index contributed by atoms with van der Waals surface area (Å²) in [6.45, 7) is 4.30. The zero-order valence-electron chi connectivity index (χ0n) is 11.2. The third-order valence-electron chi connectivity index (χ3n) is 2.41. The van der Waals surface area contributed by atoms with E-state index in [9.17, 15) is 0 Å². The molecule has 0 fully saturated rings. The fraction of sp³-hybridized carbons (Fsp3) is 0.467. The maximum Gasteiger partial charge on any atom is 0.162 e. The normalized spacial score (nSPS) is 9.44. The molecule has 1 aromatic carbocycles. The van der Waals surface area contributed by atoms with Gasteiger partial charge in [0.25, 0.3) is 0 Å². The van der Waals surface area contributed by atoms with E-state index < -0.39 is 0 Å². The molecule has 1 rings (SSSR count). The molecule has 1 aromatic rings. The van der Waals surface area contributed by atoms with E-state index in [4.69, 9.17) is 9.47 Å². The van der Waals surface area contributed by atoms with Gasteiger partial charge >= 0.3 is 0 Å². The molecule has 0 saturated carbocycles. The van der Waals surface area contributed by atoms with Crippen molar-refractivity contribution in [3.8, 4) is 23.3 Å². The Morgan fingerprint density at radius 1 is 1.17 bits per heavy atom. The van der Waals surface area contributed by atoms with Crippen LogP contribution >= 0.6 is 0 Å². The summed E-state index contributed by atoms with van der Waals surface area (Å²) in [4.78, 5) is 0. The number of para-hydroxylation sites is 2. The summed E-state index contributed by atoms with van der Waals surface area (Å²) in [6.07, 6.45) is 2.40. The third-order valence-corrected chi connectivity index (χ3v) is 2.41. The van der Waals surface area contributed by atoms with Gasteiger partial charge in [-0.1, -0.05) is 37.3 Å². The second-order valence-electron chi connectivity index (χ2n) is 3.82. The molecule has 3 nitrogen and oxygen atoms in total. The van der Waals surface area contributed by atoms with Crippen molar-refractivity contribution in [3.05, 3.63) is 24.3 Å². The number of ether oxygens (including phenoxy) is 2. The first kappa shape index (κ1) is 14.4. The van der Waals surface area contributed by atoms with Gasteiger partial charge in [0, 0.05) is 0 Å². The fourth-order valence-electron chi connectivity index (χ4n) is 1.42. The Kier molecular flexibility index (Phi) is 7.50. The monoisotopic (exact) mass is 247 g/mol. The highest BCUT2D eigenvalue weighted by Gasteiger charge is 1.99. The van der Waals surface area contributed by atoms with Crippen molar-refractivity contribution in [2.45, 2.75) is 19.8 Å². The first-order chi connectivity index (χ1) is 8.88. The van der Waals surface area contributed by atoms with E-state index in [1.165, 1.54) is 12.8 Å². The molecule has 0 aliphatic rings. The number of unbranched alkanes of at least 4 members (excludes halogenated alkanes) is 1. The lowest BCUT2D eigenvalue weighted by Gasteiger charge is -2.07. The van der Waals surface area contributed by atoms with E-state index in [1.54, 1.807) is 7.11 Å². The number of methoxy groups -OCH3 is 1. The number of nitrogens with one attached hydrogen (secondary N) is 1. The summed E-state index contributed by atoms with van der Waals surface area (Å²) in [7, 11) is 1.63. The first-order valence-corrected chi connectivity index (χ1v) is 6.30. The lowest BCUT2D eigenvalue weighted by molar-refractivity contribution is 0.331. The molecule has 18 heavy (non-hydrogen) atoms. The van der Waals surface area contributed by atoms with Crippen molar-refractivity contribution in [2.75, 3.05) is 26.8 Å². The van der Waals surface area contributed by atoms with Gasteiger partial charge in [-0.05, 0) is 25.1 Å². The Morgan fingerprint density at radius 3 is 2.67 bits per heavy atom. The Bertz CT molecular complexity index is 393. The standard InChI is InChI=1S/C15H21NO2/c1-3-4-11-16-12-7-8-13-18-15-10-6-5-9-14(15)17-2/h5-6,9-10,16H,3-4,11-13H2,1-2H3.